The molecule has 0 spiro atoms. The first-order chi connectivity index (χ1) is 14.1. The second-order valence-electron chi connectivity index (χ2n) is 6.58. The SMILES string of the molecule is Cc1ccc(Cl)c2sc(N(Cc3ccco3)C(=O)c3ccc4c(c3)OCO4)nc12. The lowest BCUT2D eigenvalue weighted by atomic mass is 10.1. The Morgan fingerprint density at radius 3 is 2.86 bits per heavy atom. The van der Waals surface area contributed by atoms with Gasteiger partial charge in [0.25, 0.3) is 5.91 Å². The molecule has 0 saturated carbocycles. The van der Waals surface area contributed by atoms with Crippen molar-refractivity contribution in [3.05, 3.63) is 70.6 Å². The Labute approximate surface area is 175 Å². The van der Waals surface area contributed by atoms with Gasteiger partial charge in [0.15, 0.2) is 16.6 Å². The molecule has 0 radical (unpaired) electrons. The van der Waals surface area contributed by atoms with Crippen molar-refractivity contribution in [1.82, 2.24) is 4.98 Å². The number of carbonyl (C=O) groups is 1. The van der Waals surface area contributed by atoms with E-state index in [4.69, 9.17) is 30.5 Å². The molecule has 4 aromatic rings. The van der Waals surface area contributed by atoms with Gasteiger partial charge in [0.2, 0.25) is 6.79 Å². The van der Waals surface area contributed by atoms with Crippen molar-refractivity contribution in [3.8, 4) is 11.5 Å². The van der Waals surface area contributed by atoms with Crippen LogP contribution in [0, 0.1) is 6.92 Å². The molecule has 0 fully saturated rings. The first kappa shape index (κ1) is 18.0. The molecule has 8 heteroatoms. The van der Waals surface area contributed by atoms with Crippen LogP contribution in [0.15, 0.2) is 53.1 Å². The Hall–Kier alpha value is -3.03. The van der Waals surface area contributed by atoms with E-state index in [0.717, 1.165) is 15.8 Å². The van der Waals surface area contributed by atoms with E-state index in [1.165, 1.54) is 11.3 Å². The number of aromatic nitrogens is 1. The van der Waals surface area contributed by atoms with Gasteiger partial charge in [0.05, 0.1) is 28.0 Å². The first-order valence-corrected chi connectivity index (χ1v) is 10.1. The Kier molecular flexibility index (Phi) is 4.41. The molecule has 0 atom stereocenters. The van der Waals surface area contributed by atoms with Crippen LogP contribution in [0.5, 0.6) is 11.5 Å². The third kappa shape index (κ3) is 3.22. The number of halogens is 1. The van der Waals surface area contributed by atoms with Crippen LogP contribution in [0.2, 0.25) is 5.02 Å². The summed E-state index contributed by atoms with van der Waals surface area (Å²) in [6.45, 7) is 2.37. The lowest BCUT2D eigenvalue weighted by Gasteiger charge is -2.19. The van der Waals surface area contributed by atoms with Crippen LogP contribution in [0.4, 0.5) is 5.13 Å². The Morgan fingerprint density at radius 2 is 2.07 bits per heavy atom. The highest BCUT2D eigenvalue weighted by Crippen LogP contribution is 2.38. The lowest BCUT2D eigenvalue weighted by Crippen LogP contribution is -2.30. The van der Waals surface area contributed by atoms with Crippen LogP contribution >= 0.6 is 22.9 Å². The Morgan fingerprint density at radius 1 is 1.21 bits per heavy atom. The third-order valence-corrected chi connectivity index (χ3v) is 6.21. The fourth-order valence-corrected chi connectivity index (χ4v) is 4.49. The number of anilines is 1. The summed E-state index contributed by atoms with van der Waals surface area (Å²) in [4.78, 5) is 19.7. The molecule has 146 valence electrons. The van der Waals surface area contributed by atoms with E-state index in [1.807, 2.05) is 25.1 Å². The maximum Gasteiger partial charge on any atom is 0.260 e. The fraction of sp³-hybridized carbons (Fsp3) is 0.143. The summed E-state index contributed by atoms with van der Waals surface area (Å²) >= 11 is 7.75. The summed E-state index contributed by atoms with van der Waals surface area (Å²) < 4.78 is 17.1. The third-order valence-electron chi connectivity index (χ3n) is 4.68. The van der Waals surface area contributed by atoms with Crippen molar-refractivity contribution in [3.63, 3.8) is 0 Å². The summed E-state index contributed by atoms with van der Waals surface area (Å²) in [6, 6.07) is 12.5. The van der Waals surface area contributed by atoms with Crippen molar-refractivity contribution >= 4 is 44.2 Å². The molecule has 2 aromatic carbocycles. The molecule has 0 bridgehead atoms. The molecule has 3 heterocycles. The minimum Gasteiger partial charge on any atom is -0.467 e. The summed E-state index contributed by atoms with van der Waals surface area (Å²) in [6.07, 6.45) is 1.58. The molecule has 0 saturated heterocycles. The van der Waals surface area contributed by atoms with Gasteiger partial charge in [-0.15, -0.1) is 0 Å². The maximum atomic E-state index is 13.4. The number of thiazole rings is 1. The van der Waals surface area contributed by atoms with Gasteiger partial charge < -0.3 is 13.9 Å². The number of fused-ring (bicyclic) bond motifs is 2. The van der Waals surface area contributed by atoms with E-state index in [2.05, 4.69) is 0 Å². The van der Waals surface area contributed by atoms with Crippen molar-refractivity contribution in [2.45, 2.75) is 13.5 Å². The van der Waals surface area contributed by atoms with Crippen LogP contribution in [0.1, 0.15) is 21.7 Å². The van der Waals surface area contributed by atoms with Gasteiger partial charge in [0.1, 0.15) is 5.76 Å². The molecule has 0 aliphatic carbocycles. The lowest BCUT2D eigenvalue weighted by molar-refractivity contribution is 0.0983. The van der Waals surface area contributed by atoms with Gasteiger partial charge >= 0.3 is 0 Å². The van der Waals surface area contributed by atoms with E-state index in [9.17, 15) is 4.79 Å². The standard InChI is InChI=1S/C21H15ClN2O4S/c1-12-4-6-15(22)19-18(12)23-21(29-19)24(10-14-3-2-8-26-14)20(25)13-5-7-16-17(9-13)28-11-27-16/h2-9H,10-11H2,1H3. The predicted octanol–water partition coefficient (Wildman–Crippen LogP) is 5.43. The van der Waals surface area contributed by atoms with Crippen LogP contribution in [-0.2, 0) is 6.54 Å². The molecule has 0 N–H and O–H groups in total. The smallest absolute Gasteiger partial charge is 0.260 e. The molecule has 1 aliphatic rings. The van der Waals surface area contributed by atoms with Crippen molar-refractivity contribution in [2.24, 2.45) is 0 Å². The minimum atomic E-state index is -0.215. The van der Waals surface area contributed by atoms with Crippen LogP contribution in [-0.4, -0.2) is 17.7 Å². The number of rotatable bonds is 4. The quantitative estimate of drug-likeness (QED) is 0.435. The Bertz CT molecular complexity index is 1180. The number of carbonyl (C=O) groups excluding carboxylic acids is 1. The summed E-state index contributed by atoms with van der Waals surface area (Å²) in [7, 11) is 0. The van der Waals surface area contributed by atoms with E-state index >= 15 is 0 Å². The van der Waals surface area contributed by atoms with Gasteiger partial charge in [0, 0.05) is 5.56 Å². The van der Waals surface area contributed by atoms with Crippen LogP contribution in [0.25, 0.3) is 10.2 Å². The zero-order valence-electron chi connectivity index (χ0n) is 15.3. The van der Waals surface area contributed by atoms with Gasteiger partial charge in [-0.2, -0.15) is 0 Å². The summed E-state index contributed by atoms with van der Waals surface area (Å²) in [5, 5.41) is 1.16. The zero-order valence-corrected chi connectivity index (χ0v) is 16.9. The molecule has 1 amide bonds. The number of benzene rings is 2. The van der Waals surface area contributed by atoms with Crippen molar-refractivity contribution in [2.75, 3.05) is 11.7 Å². The molecule has 0 unspecified atom stereocenters. The highest BCUT2D eigenvalue weighted by Gasteiger charge is 2.25. The monoisotopic (exact) mass is 426 g/mol. The molecular formula is C21H15ClN2O4S. The number of hydrogen-bond acceptors (Lipinski definition) is 6. The van der Waals surface area contributed by atoms with Crippen LogP contribution < -0.4 is 14.4 Å². The van der Waals surface area contributed by atoms with E-state index in [1.54, 1.807) is 35.4 Å². The second-order valence-corrected chi connectivity index (χ2v) is 7.96. The number of aryl methyl sites for hydroxylation is 1. The molecule has 5 rings (SSSR count). The average molecular weight is 427 g/mol. The number of amides is 1. The largest absolute Gasteiger partial charge is 0.467 e. The maximum absolute atomic E-state index is 13.4. The van der Waals surface area contributed by atoms with Gasteiger partial charge in [-0.05, 0) is 48.9 Å². The zero-order chi connectivity index (χ0) is 20.0. The molecule has 2 aromatic heterocycles. The van der Waals surface area contributed by atoms with Gasteiger partial charge in [-0.25, -0.2) is 4.98 Å². The summed E-state index contributed by atoms with van der Waals surface area (Å²) in [5.41, 5.74) is 2.27. The number of nitrogens with zero attached hydrogens (tertiary/aromatic N) is 2. The molecule has 1 aliphatic heterocycles. The normalized spacial score (nSPS) is 12.5. The topological polar surface area (TPSA) is 64.8 Å². The highest BCUT2D eigenvalue weighted by atomic mass is 35.5. The number of furan rings is 1. The van der Waals surface area contributed by atoms with Gasteiger partial charge in [-0.3, -0.25) is 9.69 Å². The Balaban J connectivity index is 1.59. The predicted molar refractivity (Wildman–Crippen MR) is 111 cm³/mol. The highest BCUT2D eigenvalue weighted by molar-refractivity contribution is 7.23. The van der Waals surface area contributed by atoms with E-state index in [0.29, 0.717) is 33.0 Å². The van der Waals surface area contributed by atoms with Crippen molar-refractivity contribution < 1.29 is 18.7 Å². The second kappa shape index (κ2) is 7.09. The van der Waals surface area contributed by atoms with Crippen molar-refractivity contribution in [1.29, 1.82) is 0 Å². The molecule has 29 heavy (non-hydrogen) atoms. The molecular weight excluding hydrogens is 412 g/mol. The average Bonchev–Trinajstić information content (AvgIpc) is 3.48. The number of ether oxygens (including phenoxy) is 2. The first-order valence-electron chi connectivity index (χ1n) is 8.90. The van der Waals surface area contributed by atoms with Gasteiger partial charge in [-0.1, -0.05) is 29.0 Å². The summed E-state index contributed by atoms with van der Waals surface area (Å²) in [5.74, 6) is 1.62. The van der Waals surface area contributed by atoms with E-state index in [-0.39, 0.29) is 19.2 Å². The number of hydrogen-bond donors (Lipinski definition) is 0. The molecule has 6 nitrogen and oxygen atoms in total. The fourth-order valence-electron chi connectivity index (χ4n) is 3.18. The van der Waals surface area contributed by atoms with E-state index < -0.39 is 0 Å². The minimum absolute atomic E-state index is 0.152. The van der Waals surface area contributed by atoms with Crippen LogP contribution in [0.3, 0.4) is 0 Å².